The van der Waals surface area contributed by atoms with Gasteiger partial charge in [-0.3, -0.25) is 4.79 Å². The Morgan fingerprint density at radius 1 is 1.21 bits per heavy atom. The Bertz CT molecular complexity index is 1010. The zero-order valence-electron chi connectivity index (χ0n) is 16.8. The molecule has 6 heteroatoms. The minimum Gasteiger partial charge on any atom is -0.490 e. The van der Waals surface area contributed by atoms with Gasteiger partial charge in [-0.15, -0.1) is 0 Å². The molecule has 1 aliphatic heterocycles. The molecule has 29 heavy (non-hydrogen) atoms. The number of nitrogens with one attached hydrogen (secondary N) is 1. The van der Waals surface area contributed by atoms with Gasteiger partial charge in [0.25, 0.3) is 5.91 Å². The van der Waals surface area contributed by atoms with Crippen LogP contribution in [0.4, 0.5) is 0 Å². The summed E-state index contributed by atoms with van der Waals surface area (Å²) in [6.07, 6.45) is 3.79. The van der Waals surface area contributed by atoms with Crippen molar-refractivity contribution < 1.29 is 18.7 Å². The number of carbonyl (C=O) groups is 1. The van der Waals surface area contributed by atoms with E-state index in [1.54, 1.807) is 13.4 Å². The molecule has 3 aromatic rings. The van der Waals surface area contributed by atoms with Gasteiger partial charge in [-0.2, -0.15) is 0 Å². The average molecular weight is 392 g/mol. The van der Waals surface area contributed by atoms with E-state index in [1.165, 1.54) is 6.39 Å². The van der Waals surface area contributed by atoms with E-state index in [9.17, 15) is 4.79 Å². The van der Waals surface area contributed by atoms with E-state index >= 15 is 0 Å². The van der Waals surface area contributed by atoms with Crippen LogP contribution >= 0.6 is 0 Å². The zero-order chi connectivity index (χ0) is 20.4. The van der Waals surface area contributed by atoms with Crippen molar-refractivity contribution in [2.75, 3.05) is 20.3 Å². The number of hydrogen-bond donors (Lipinski definition) is 1. The van der Waals surface area contributed by atoms with E-state index in [2.05, 4.69) is 29.4 Å². The Morgan fingerprint density at radius 3 is 2.69 bits per heavy atom. The Labute approximate surface area is 169 Å². The molecule has 2 heterocycles. The van der Waals surface area contributed by atoms with Gasteiger partial charge in [0, 0.05) is 12.7 Å². The number of carbonyl (C=O) groups excluding carboxylic acids is 1. The molecule has 0 spiro atoms. The standard InChI is InChI=1S/C23H24N2O4/c1-14-15(2)22-20(23(26)25-19(10-27-3)11-29-22)9-18(14)8-16-4-6-17(7-5-16)21-12-28-13-24-21/h4-7,9,12-13,19H,8,10-11H2,1-3H3,(H,25,26)/t19-/m0/s1. The van der Waals surface area contributed by atoms with Gasteiger partial charge in [0.15, 0.2) is 6.39 Å². The number of ether oxygens (including phenoxy) is 2. The molecular weight excluding hydrogens is 368 g/mol. The maximum absolute atomic E-state index is 12.8. The summed E-state index contributed by atoms with van der Waals surface area (Å²) in [6.45, 7) is 4.90. The van der Waals surface area contributed by atoms with Crippen LogP contribution in [0.5, 0.6) is 5.75 Å². The third kappa shape index (κ3) is 3.89. The first-order chi connectivity index (χ1) is 14.1. The Hall–Kier alpha value is -3.12. The number of rotatable bonds is 5. The van der Waals surface area contributed by atoms with Gasteiger partial charge >= 0.3 is 0 Å². The summed E-state index contributed by atoms with van der Waals surface area (Å²) in [7, 11) is 1.62. The highest BCUT2D eigenvalue weighted by molar-refractivity contribution is 5.98. The van der Waals surface area contributed by atoms with E-state index < -0.39 is 0 Å². The maximum atomic E-state index is 12.8. The largest absolute Gasteiger partial charge is 0.490 e. The normalized spacial score (nSPS) is 16.0. The first-order valence-corrected chi connectivity index (χ1v) is 9.60. The van der Waals surface area contributed by atoms with Gasteiger partial charge in [-0.05, 0) is 48.6 Å². The van der Waals surface area contributed by atoms with Crippen LogP contribution in [0.15, 0.2) is 47.4 Å². The van der Waals surface area contributed by atoms with Crippen molar-refractivity contribution in [3.05, 3.63) is 70.8 Å². The van der Waals surface area contributed by atoms with Gasteiger partial charge in [0.05, 0.1) is 18.2 Å². The van der Waals surface area contributed by atoms with Crippen LogP contribution < -0.4 is 10.1 Å². The molecular formula is C23H24N2O4. The Kier molecular flexibility index (Phi) is 5.36. The lowest BCUT2D eigenvalue weighted by atomic mass is 9.93. The molecule has 0 unspecified atom stereocenters. The molecule has 1 N–H and O–H groups in total. The minimum atomic E-state index is -0.160. The molecule has 0 fully saturated rings. The fourth-order valence-electron chi connectivity index (χ4n) is 3.65. The van der Waals surface area contributed by atoms with Crippen molar-refractivity contribution in [2.24, 2.45) is 0 Å². The molecule has 2 aromatic carbocycles. The number of methoxy groups -OCH3 is 1. The summed E-state index contributed by atoms with van der Waals surface area (Å²) in [4.78, 5) is 16.9. The fourth-order valence-corrected chi connectivity index (χ4v) is 3.65. The van der Waals surface area contributed by atoms with Crippen LogP contribution in [0, 0.1) is 13.8 Å². The number of benzene rings is 2. The van der Waals surface area contributed by atoms with Crippen molar-refractivity contribution in [1.82, 2.24) is 10.3 Å². The smallest absolute Gasteiger partial charge is 0.255 e. The SMILES string of the molecule is COC[C@H]1COc2c(cc(Cc3ccc(-c4cocn4)cc3)c(C)c2C)C(=O)N1. The van der Waals surface area contributed by atoms with E-state index in [1.807, 2.05) is 25.1 Å². The van der Waals surface area contributed by atoms with Crippen LogP contribution in [0.3, 0.4) is 0 Å². The lowest BCUT2D eigenvalue weighted by molar-refractivity contribution is 0.0886. The second kappa shape index (κ2) is 8.09. The van der Waals surface area contributed by atoms with Crippen LogP contribution in [0.1, 0.15) is 32.6 Å². The Morgan fingerprint density at radius 2 is 2.00 bits per heavy atom. The summed E-state index contributed by atoms with van der Waals surface area (Å²) >= 11 is 0. The number of hydrogen-bond acceptors (Lipinski definition) is 5. The highest BCUT2D eigenvalue weighted by Gasteiger charge is 2.26. The molecule has 4 rings (SSSR count). The monoisotopic (exact) mass is 392 g/mol. The molecule has 1 aliphatic rings. The van der Waals surface area contributed by atoms with Gasteiger partial charge in [-0.1, -0.05) is 24.3 Å². The zero-order valence-corrected chi connectivity index (χ0v) is 16.8. The maximum Gasteiger partial charge on any atom is 0.255 e. The van der Waals surface area contributed by atoms with Gasteiger partial charge in [0.1, 0.15) is 24.3 Å². The van der Waals surface area contributed by atoms with Crippen molar-refractivity contribution in [3.63, 3.8) is 0 Å². The lowest BCUT2D eigenvalue weighted by Gasteiger charge is -2.16. The van der Waals surface area contributed by atoms with Crippen molar-refractivity contribution in [1.29, 1.82) is 0 Å². The summed E-state index contributed by atoms with van der Waals surface area (Å²) in [5.74, 6) is 0.550. The highest BCUT2D eigenvalue weighted by atomic mass is 16.5. The summed E-state index contributed by atoms with van der Waals surface area (Å²) in [5, 5.41) is 2.99. The minimum absolute atomic E-state index is 0.120. The number of nitrogens with zero attached hydrogens (tertiary/aromatic N) is 1. The predicted octanol–water partition coefficient (Wildman–Crippen LogP) is 3.69. The van der Waals surface area contributed by atoms with Gasteiger partial charge in [0.2, 0.25) is 0 Å². The quantitative estimate of drug-likeness (QED) is 0.717. The molecule has 1 atom stereocenters. The van der Waals surface area contributed by atoms with Crippen LogP contribution in [-0.2, 0) is 11.2 Å². The first-order valence-electron chi connectivity index (χ1n) is 9.60. The van der Waals surface area contributed by atoms with Crippen LogP contribution in [0.25, 0.3) is 11.3 Å². The molecule has 6 nitrogen and oxygen atoms in total. The first kappa shape index (κ1) is 19.2. The van der Waals surface area contributed by atoms with Crippen LogP contribution in [0.2, 0.25) is 0 Å². The molecule has 0 bridgehead atoms. The number of aromatic nitrogens is 1. The van der Waals surface area contributed by atoms with Crippen molar-refractivity contribution in [2.45, 2.75) is 26.3 Å². The lowest BCUT2D eigenvalue weighted by Crippen LogP contribution is -2.40. The second-order valence-electron chi connectivity index (χ2n) is 7.35. The summed E-state index contributed by atoms with van der Waals surface area (Å²) in [5.41, 5.74) is 6.82. The predicted molar refractivity (Wildman–Crippen MR) is 109 cm³/mol. The Balaban J connectivity index is 1.61. The highest BCUT2D eigenvalue weighted by Crippen LogP contribution is 2.32. The van der Waals surface area contributed by atoms with E-state index in [4.69, 9.17) is 13.9 Å². The van der Waals surface area contributed by atoms with E-state index in [0.717, 1.165) is 39.9 Å². The molecule has 0 saturated carbocycles. The van der Waals surface area contributed by atoms with Crippen molar-refractivity contribution in [3.8, 4) is 17.0 Å². The van der Waals surface area contributed by atoms with E-state index in [-0.39, 0.29) is 11.9 Å². The summed E-state index contributed by atoms with van der Waals surface area (Å²) < 4.78 is 16.2. The second-order valence-corrected chi connectivity index (χ2v) is 7.35. The van der Waals surface area contributed by atoms with Gasteiger partial charge < -0.3 is 19.2 Å². The van der Waals surface area contributed by atoms with Crippen LogP contribution in [-0.4, -0.2) is 37.3 Å². The van der Waals surface area contributed by atoms with Crippen molar-refractivity contribution >= 4 is 5.91 Å². The number of oxazole rings is 1. The molecule has 0 radical (unpaired) electrons. The molecule has 0 aliphatic carbocycles. The molecule has 1 aromatic heterocycles. The molecule has 1 amide bonds. The van der Waals surface area contributed by atoms with Gasteiger partial charge in [-0.25, -0.2) is 4.98 Å². The fraction of sp³-hybridized carbons (Fsp3) is 0.304. The third-order valence-corrected chi connectivity index (χ3v) is 5.40. The number of amides is 1. The number of fused-ring (bicyclic) bond motifs is 1. The topological polar surface area (TPSA) is 73.6 Å². The average Bonchev–Trinajstić information content (AvgIpc) is 3.21. The summed E-state index contributed by atoms with van der Waals surface area (Å²) in [6, 6.07) is 10.0. The van der Waals surface area contributed by atoms with E-state index in [0.29, 0.717) is 24.5 Å². The molecule has 150 valence electrons. The third-order valence-electron chi connectivity index (χ3n) is 5.40. The molecule has 0 saturated heterocycles.